The molecule has 0 unspecified atom stereocenters. The molecule has 0 fully saturated rings. The van der Waals surface area contributed by atoms with Crippen LogP contribution in [-0.4, -0.2) is 18.1 Å². The molecule has 0 spiro atoms. The van der Waals surface area contributed by atoms with Gasteiger partial charge in [-0.1, -0.05) is 6.07 Å². The summed E-state index contributed by atoms with van der Waals surface area (Å²) in [7, 11) is 1.17. The van der Waals surface area contributed by atoms with Crippen LogP contribution in [0.1, 0.15) is 15.9 Å². The molecule has 1 aromatic carbocycles. The molecule has 0 aliphatic carbocycles. The normalized spacial score (nSPS) is 11.6. The summed E-state index contributed by atoms with van der Waals surface area (Å²) < 4.78 is 42.9. The lowest BCUT2D eigenvalue weighted by atomic mass is 10.0. The summed E-state index contributed by atoms with van der Waals surface area (Å²) in [6, 6.07) is 4.80. The third-order valence-corrected chi connectivity index (χ3v) is 2.48. The average Bonchev–Trinajstić information content (AvgIpc) is 2.35. The van der Waals surface area contributed by atoms with E-state index >= 15 is 0 Å². The van der Waals surface area contributed by atoms with Gasteiger partial charge < -0.3 is 4.74 Å². The number of hydrogen-bond donors (Lipinski definition) is 0. The van der Waals surface area contributed by atoms with Gasteiger partial charge in [0, 0.05) is 11.6 Å². The molecule has 18 heavy (non-hydrogen) atoms. The number of rotatable bonds is 1. The van der Waals surface area contributed by atoms with Crippen LogP contribution in [0.15, 0.2) is 30.5 Å². The summed E-state index contributed by atoms with van der Waals surface area (Å²) in [6.07, 6.45) is -3.26. The minimum atomic E-state index is -4.51. The number of esters is 1. The number of aromatic nitrogens is 1. The number of fused-ring (bicyclic) bond motifs is 1. The minimum absolute atomic E-state index is 0.0635. The molecule has 0 atom stereocenters. The highest BCUT2D eigenvalue weighted by Crippen LogP contribution is 2.34. The zero-order valence-corrected chi connectivity index (χ0v) is 9.28. The fourth-order valence-corrected chi connectivity index (χ4v) is 1.69. The van der Waals surface area contributed by atoms with Crippen LogP contribution in [-0.2, 0) is 10.9 Å². The topological polar surface area (TPSA) is 39.2 Å². The second kappa shape index (κ2) is 4.29. The number of nitrogens with zero attached hydrogens (tertiary/aromatic N) is 1. The summed E-state index contributed by atoms with van der Waals surface area (Å²) in [5, 5.41) is 0.124. The number of carbonyl (C=O) groups is 1. The predicted octanol–water partition coefficient (Wildman–Crippen LogP) is 3.04. The van der Waals surface area contributed by atoms with E-state index in [0.717, 1.165) is 12.1 Å². The van der Waals surface area contributed by atoms with Gasteiger partial charge in [-0.15, -0.1) is 0 Å². The first kappa shape index (κ1) is 12.3. The minimum Gasteiger partial charge on any atom is -0.465 e. The number of ether oxygens (including phenoxy) is 1. The number of hydrogen-bond acceptors (Lipinski definition) is 3. The van der Waals surface area contributed by atoms with Crippen LogP contribution >= 0.6 is 0 Å². The lowest BCUT2D eigenvalue weighted by Crippen LogP contribution is -2.09. The first-order valence-electron chi connectivity index (χ1n) is 4.98. The summed E-state index contributed by atoms with van der Waals surface area (Å²) in [6.45, 7) is 0. The van der Waals surface area contributed by atoms with Crippen molar-refractivity contribution in [2.75, 3.05) is 7.11 Å². The molecule has 0 saturated carbocycles. The number of methoxy groups -OCH3 is 1. The summed E-state index contributed by atoms with van der Waals surface area (Å²) in [5.74, 6) is -0.693. The zero-order chi connectivity index (χ0) is 13.3. The molecule has 0 bridgehead atoms. The van der Waals surface area contributed by atoms with Gasteiger partial charge in [-0.3, -0.25) is 4.98 Å². The van der Waals surface area contributed by atoms with Gasteiger partial charge in [0.2, 0.25) is 0 Å². The molecular weight excluding hydrogens is 247 g/mol. The fourth-order valence-electron chi connectivity index (χ4n) is 1.69. The molecule has 0 saturated heterocycles. The number of halogens is 3. The number of benzene rings is 1. The second-order valence-electron chi connectivity index (χ2n) is 3.55. The Morgan fingerprint density at radius 2 is 2.00 bits per heavy atom. The Labute approximate surface area is 100 Å². The SMILES string of the molecule is COC(=O)c1ccc(C(F)(F)F)c2ncccc12. The van der Waals surface area contributed by atoms with Crippen LogP contribution in [0.5, 0.6) is 0 Å². The predicted molar refractivity (Wildman–Crippen MR) is 58.1 cm³/mol. The van der Waals surface area contributed by atoms with E-state index in [1.54, 1.807) is 0 Å². The van der Waals surface area contributed by atoms with Crippen LogP contribution < -0.4 is 0 Å². The smallest absolute Gasteiger partial charge is 0.418 e. The van der Waals surface area contributed by atoms with Gasteiger partial charge in [-0.2, -0.15) is 13.2 Å². The highest BCUT2D eigenvalue weighted by Gasteiger charge is 2.34. The summed E-state index contributed by atoms with van der Waals surface area (Å²) >= 11 is 0. The second-order valence-corrected chi connectivity index (χ2v) is 3.55. The first-order valence-corrected chi connectivity index (χ1v) is 4.98. The molecule has 2 aromatic rings. The van der Waals surface area contributed by atoms with E-state index < -0.39 is 17.7 Å². The van der Waals surface area contributed by atoms with E-state index in [9.17, 15) is 18.0 Å². The largest absolute Gasteiger partial charge is 0.465 e. The van der Waals surface area contributed by atoms with Gasteiger partial charge in [0.05, 0.1) is 23.8 Å². The van der Waals surface area contributed by atoms with Crippen molar-refractivity contribution >= 4 is 16.9 Å². The molecule has 0 amide bonds. The third-order valence-electron chi connectivity index (χ3n) is 2.48. The summed E-state index contributed by atoms with van der Waals surface area (Å²) in [5.41, 5.74) is -1.06. The maximum Gasteiger partial charge on any atom is 0.418 e. The highest BCUT2D eigenvalue weighted by atomic mass is 19.4. The molecule has 0 N–H and O–H groups in total. The highest BCUT2D eigenvalue weighted by molar-refractivity contribution is 6.04. The van der Waals surface area contributed by atoms with Crippen molar-refractivity contribution in [1.82, 2.24) is 4.98 Å². The Kier molecular flexibility index (Phi) is 2.94. The van der Waals surface area contributed by atoms with Crippen molar-refractivity contribution < 1.29 is 22.7 Å². The molecule has 0 radical (unpaired) electrons. The molecule has 2 rings (SSSR count). The van der Waals surface area contributed by atoms with Crippen molar-refractivity contribution in [2.45, 2.75) is 6.18 Å². The fraction of sp³-hybridized carbons (Fsp3) is 0.167. The standard InChI is InChI=1S/C12H8F3NO2/c1-18-11(17)8-4-5-9(12(13,14)15)10-7(8)3-2-6-16-10/h2-6H,1H3. The molecular formula is C12H8F3NO2. The molecule has 0 aliphatic heterocycles. The maximum absolute atomic E-state index is 12.8. The monoisotopic (exact) mass is 255 g/mol. The average molecular weight is 255 g/mol. The Bertz CT molecular complexity index is 608. The Morgan fingerprint density at radius 1 is 1.28 bits per heavy atom. The van der Waals surface area contributed by atoms with Gasteiger partial charge in [-0.05, 0) is 18.2 Å². The third kappa shape index (κ3) is 2.01. The molecule has 6 heteroatoms. The van der Waals surface area contributed by atoms with E-state index in [1.807, 2.05) is 0 Å². The van der Waals surface area contributed by atoms with Crippen LogP contribution in [0.4, 0.5) is 13.2 Å². The van der Waals surface area contributed by atoms with Crippen molar-refractivity contribution in [3.63, 3.8) is 0 Å². The van der Waals surface area contributed by atoms with Crippen molar-refractivity contribution in [2.24, 2.45) is 0 Å². The molecule has 3 nitrogen and oxygen atoms in total. The van der Waals surface area contributed by atoms with Gasteiger partial charge in [0.25, 0.3) is 0 Å². The van der Waals surface area contributed by atoms with Crippen molar-refractivity contribution in [3.8, 4) is 0 Å². The Balaban J connectivity index is 2.78. The number of carbonyl (C=O) groups excluding carboxylic acids is 1. The van der Waals surface area contributed by atoms with Gasteiger partial charge in [0.1, 0.15) is 0 Å². The van der Waals surface area contributed by atoms with E-state index in [0.29, 0.717) is 0 Å². The quantitative estimate of drug-likeness (QED) is 0.735. The Morgan fingerprint density at radius 3 is 2.61 bits per heavy atom. The lowest BCUT2D eigenvalue weighted by Gasteiger charge is -2.11. The molecule has 1 aromatic heterocycles. The van der Waals surface area contributed by atoms with Gasteiger partial charge in [-0.25, -0.2) is 4.79 Å². The van der Waals surface area contributed by atoms with E-state index in [1.165, 1.54) is 25.4 Å². The van der Waals surface area contributed by atoms with Crippen molar-refractivity contribution in [3.05, 3.63) is 41.6 Å². The van der Waals surface area contributed by atoms with Crippen LogP contribution in [0.25, 0.3) is 10.9 Å². The van der Waals surface area contributed by atoms with Gasteiger partial charge in [0.15, 0.2) is 0 Å². The van der Waals surface area contributed by atoms with Crippen LogP contribution in [0, 0.1) is 0 Å². The van der Waals surface area contributed by atoms with E-state index in [-0.39, 0.29) is 16.5 Å². The maximum atomic E-state index is 12.8. The molecule has 1 heterocycles. The molecule has 94 valence electrons. The Hall–Kier alpha value is -2.11. The zero-order valence-electron chi connectivity index (χ0n) is 9.28. The summed E-state index contributed by atoms with van der Waals surface area (Å²) in [4.78, 5) is 15.2. The van der Waals surface area contributed by atoms with Gasteiger partial charge >= 0.3 is 12.1 Å². The van der Waals surface area contributed by atoms with E-state index in [4.69, 9.17) is 0 Å². The number of alkyl halides is 3. The van der Waals surface area contributed by atoms with Crippen LogP contribution in [0.3, 0.4) is 0 Å². The lowest BCUT2D eigenvalue weighted by molar-refractivity contribution is -0.136. The number of pyridine rings is 1. The van der Waals surface area contributed by atoms with E-state index in [2.05, 4.69) is 9.72 Å². The first-order chi connectivity index (χ1) is 8.45. The van der Waals surface area contributed by atoms with Crippen molar-refractivity contribution in [1.29, 1.82) is 0 Å². The molecule has 0 aliphatic rings. The van der Waals surface area contributed by atoms with Crippen LogP contribution in [0.2, 0.25) is 0 Å².